The highest BCUT2D eigenvalue weighted by atomic mass is 15.1. The van der Waals surface area contributed by atoms with Gasteiger partial charge in [-0.05, 0) is 24.9 Å². The fourth-order valence-corrected chi connectivity index (χ4v) is 0.758. The quantitative estimate of drug-likeness (QED) is 0.447. The SMILES string of the molecule is C#C/C=C(\C#C[CH2-])N(C=C)CC. The highest BCUT2D eigenvalue weighted by molar-refractivity contribution is 5.34. The fourth-order valence-electron chi connectivity index (χ4n) is 0.758. The number of hydrogen-bond acceptors (Lipinski definition) is 1. The molecule has 0 spiro atoms. The zero-order chi connectivity index (χ0) is 9.40. The van der Waals surface area contributed by atoms with Crippen LogP contribution in [-0.2, 0) is 0 Å². The van der Waals surface area contributed by atoms with Gasteiger partial charge in [-0.2, -0.15) is 6.92 Å². The van der Waals surface area contributed by atoms with E-state index in [0.717, 1.165) is 12.2 Å². The molecule has 0 heterocycles. The summed E-state index contributed by atoms with van der Waals surface area (Å²) in [5.74, 6) is 7.77. The minimum atomic E-state index is 0.755. The molecule has 1 heteroatoms. The second-order valence-electron chi connectivity index (χ2n) is 1.97. The Morgan fingerprint density at radius 3 is 2.75 bits per heavy atom. The van der Waals surface area contributed by atoms with Crippen LogP contribution in [0.2, 0.25) is 0 Å². The highest BCUT2D eigenvalue weighted by Crippen LogP contribution is 2.01. The van der Waals surface area contributed by atoms with Crippen LogP contribution in [0.15, 0.2) is 24.6 Å². The first-order valence-corrected chi connectivity index (χ1v) is 3.63. The smallest absolute Gasteiger partial charge is 0.0186 e. The number of hydrogen-bond donors (Lipinski definition) is 0. The molecule has 0 aromatic rings. The van der Waals surface area contributed by atoms with Gasteiger partial charge in [-0.15, -0.1) is 6.42 Å². The predicted molar refractivity (Wildman–Crippen MR) is 52.6 cm³/mol. The van der Waals surface area contributed by atoms with E-state index < -0.39 is 0 Å². The third-order valence-corrected chi connectivity index (χ3v) is 1.31. The molecule has 0 aliphatic heterocycles. The molecule has 0 saturated heterocycles. The van der Waals surface area contributed by atoms with Crippen molar-refractivity contribution in [3.63, 3.8) is 0 Å². The molecule has 0 bridgehead atoms. The van der Waals surface area contributed by atoms with Crippen molar-refractivity contribution < 1.29 is 0 Å². The lowest BCUT2D eigenvalue weighted by molar-refractivity contribution is 0.513. The first kappa shape index (κ1) is 10.3. The van der Waals surface area contributed by atoms with Gasteiger partial charge in [0.05, 0.1) is 0 Å². The number of allylic oxidation sites excluding steroid dienone is 2. The zero-order valence-corrected chi connectivity index (χ0v) is 7.30. The Labute approximate surface area is 74.8 Å². The maximum absolute atomic E-state index is 5.13. The van der Waals surface area contributed by atoms with Gasteiger partial charge in [0, 0.05) is 6.54 Å². The second-order valence-corrected chi connectivity index (χ2v) is 1.97. The summed E-state index contributed by atoms with van der Waals surface area (Å²) in [6.45, 7) is 9.87. The molecule has 0 aliphatic rings. The Kier molecular flexibility index (Phi) is 5.14. The third kappa shape index (κ3) is 2.90. The fraction of sp³-hybridized carbons (Fsp3) is 0.182. The summed E-state index contributed by atoms with van der Waals surface area (Å²) >= 11 is 0. The Morgan fingerprint density at radius 1 is 1.75 bits per heavy atom. The van der Waals surface area contributed by atoms with E-state index in [1.54, 1.807) is 12.3 Å². The molecular formula is C11H12N-. The van der Waals surface area contributed by atoms with Crippen LogP contribution in [-0.4, -0.2) is 11.4 Å². The zero-order valence-electron chi connectivity index (χ0n) is 7.30. The number of nitrogens with zero attached hydrogens (tertiary/aromatic N) is 1. The molecule has 0 saturated carbocycles. The molecule has 1 nitrogen and oxygen atoms in total. The lowest BCUT2D eigenvalue weighted by Crippen LogP contribution is -2.14. The monoisotopic (exact) mass is 158 g/mol. The van der Waals surface area contributed by atoms with Gasteiger partial charge < -0.3 is 4.90 Å². The van der Waals surface area contributed by atoms with Crippen LogP contribution in [0.5, 0.6) is 0 Å². The maximum atomic E-state index is 5.13. The van der Waals surface area contributed by atoms with Crippen molar-refractivity contribution in [3.8, 4) is 24.2 Å². The number of rotatable bonds is 3. The minimum Gasteiger partial charge on any atom is -0.358 e. The molecule has 0 rings (SSSR count). The molecule has 12 heavy (non-hydrogen) atoms. The summed E-state index contributed by atoms with van der Waals surface area (Å²) < 4.78 is 0. The Bertz CT molecular complexity index is 268. The van der Waals surface area contributed by atoms with Crippen LogP contribution in [0, 0.1) is 31.1 Å². The lowest BCUT2D eigenvalue weighted by Gasteiger charge is -2.20. The molecule has 0 unspecified atom stereocenters. The molecule has 0 aromatic heterocycles. The summed E-state index contributed by atoms with van der Waals surface area (Å²) in [5.41, 5.74) is 0.755. The van der Waals surface area contributed by atoms with E-state index in [4.69, 9.17) is 6.42 Å². The Balaban J connectivity index is 4.70. The predicted octanol–water partition coefficient (Wildman–Crippen LogP) is 1.81. The molecule has 62 valence electrons. The maximum Gasteiger partial charge on any atom is 0.0186 e. The molecule has 0 aromatic carbocycles. The van der Waals surface area contributed by atoms with E-state index >= 15 is 0 Å². The first-order valence-electron chi connectivity index (χ1n) is 3.63. The molecule has 0 atom stereocenters. The minimum absolute atomic E-state index is 0.755. The van der Waals surface area contributed by atoms with Gasteiger partial charge in [-0.3, -0.25) is 11.8 Å². The normalized spacial score (nSPS) is 9.17. The summed E-state index contributed by atoms with van der Waals surface area (Å²) in [4.78, 5) is 1.86. The highest BCUT2D eigenvalue weighted by Gasteiger charge is 1.92. The van der Waals surface area contributed by atoms with Crippen molar-refractivity contribution in [3.05, 3.63) is 31.5 Å². The van der Waals surface area contributed by atoms with Crippen LogP contribution in [0.25, 0.3) is 0 Å². The van der Waals surface area contributed by atoms with E-state index in [1.165, 1.54) is 0 Å². The van der Waals surface area contributed by atoms with Crippen molar-refractivity contribution in [1.82, 2.24) is 4.90 Å². The molecular weight excluding hydrogens is 146 g/mol. The topological polar surface area (TPSA) is 3.24 Å². The Morgan fingerprint density at radius 2 is 2.42 bits per heavy atom. The van der Waals surface area contributed by atoms with Crippen molar-refractivity contribution in [2.24, 2.45) is 0 Å². The molecule has 0 amide bonds. The van der Waals surface area contributed by atoms with Gasteiger partial charge in [0.15, 0.2) is 0 Å². The van der Waals surface area contributed by atoms with Crippen LogP contribution >= 0.6 is 0 Å². The van der Waals surface area contributed by atoms with Crippen LogP contribution in [0.4, 0.5) is 0 Å². The van der Waals surface area contributed by atoms with E-state index in [-0.39, 0.29) is 0 Å². The van der Waals surface area contributed by atoms with Gasteiger partial charge in [-0.25, -0.2) is 0 Å². The van der Waals surface area contributed by atoms with Crippen molar-refractivity contribution in [2.45, 2.75) is 6.92 Å². The molecule has 0 fully saturated rings. The van der Waals surface area contributed by atoms with Crippen molar-refractivity contribution in [1.29, 1.82) is 0 Å². The number of terminal acetylenes is 1. The summed E-state index contributed by atoms with van der Waals surface area (Å²) in [6, 6.07) is 0. The molecule has 0 aliphatic carbocycles. The van der Waals surface area contributed by atoms with E-state index in [2.05, 4.69) is 31.3 Å². The van der Waals surface area contributed by atoms with Crippen molar-refractivity contribution >= 4 is 0 Å². The third-order valence-electron chi connectivity index (χ3n) is 1.31. The van der Waals surface area contributed by atoms with Crippen LogP contribution in [0.3, 0.4) is 0 Å². The summed E-state index contributed by atoms with van der Waals surface area (Å²) in [6.07, 6.45) is 8.42. The van der Waals surface area contributed by atoms with Gasteiger partial charge in [0.1, 0.15) is 0 Å². The average Bonchev–Trinajstić information content (AvgIpc) is 2.07. The molecule has 0 N–H and O–H groups in total. The van der Waals surface area contributed by atoms with Gasteiger partial charge >= 0.3 is 0 Å². The van der Waals surface area contributed by atoms with Crippen LogP contribution in [0.1, 0.15) is 6.92 Å². The van der Waals surface area contributed by atoms with Gasteiger partial charge in [0.2, 0.25) is 0 Å². The largest absolute Gasteiger partial charge is 0.358 e. The average molecular weight is 158 g/mol. The van der Waals surface area contributed by atoms with Gasteiger partial charge in [-0.1, -0.05) is 12.5 Å². The van der Waals surface area contributed by atoms with Crippen molar-refractivity contribution in [2.75, 3.05) is 6.54 Å². The summed E-state index contributed by atoms with van der Waals surface area (Å²) in [7, 11) is 0. The van der Waals surface area contributed by atoms with E-state index in [0.29, 0.717) is 0 Å². The van der Waals surface area contributed by atoms with E-state index in [1.807, 2.05) is 11.8 Å². The lowest BCUT2D eigenvalue weighted by atomic mass is 10.3. The van der Waals surface area contributed by atoms with E-state index in [9.17, 15) is 0 Å². The molecule has 0 radical (unpaired) electrons. The van der Waals surface area contributed by atoms with Gasteiger partial charge in [0.25, 0.3) is 0 Å². The Hall–Kier alpha value is -1.73. The summed E-state index contributed by atoms with van der Waals surface area (Å²) in [5, 5.41) is 0. The first-order chi connectivity index (χ1) is 5.79. The van der Waals surface area contributed by atoms with Crippen LogP contribution < -0.4 is 0 Å². The second kappa shape index (κ2) is 6.01. The standard InChI is InChI=1S/C11H12N/c1-5-9-11(10-6-2)12(7-3)8-4/h1,7,9H,2-3,8H2,4H3/q-1/b11-9+.